The lowest BCUT2D eigenvalue weighted by Gasteiger charge is -2.19. The summed E-state index contributed by atoms with van der Waals surface area (Å²) in [7, 11) is 0. The summed E-state index contributed by atoms with van der Waals surface area (Å²) in [5.74, 6) is 0. The molecule has 0 aliphatic rings. The Bertz CT molecular complexity index is 314. The van der Waals surface area contributed by atoms with Gasteiger partial charge in [0.25, 0.3) is 0 Å². The fraction of sp³-hybridized carbons (Fsp3) is 0.455. The third-order valence-electron chi connectivity index (χ3n) is 2.44. The molecule has 2 nitrogen and oxygen atoms in total. The van der Waals surface area contributed by atoms with Crippen LogP contribution in [0.1, 0.15) is 30.6 Å². The molecule has 0 aromatic heterocycles. The minimum Gasteiger partial charge on any atom is -0.387 e. The smallest absolute Gasteiger partial charge is 0.0943 e. The Morgan fingerprint density at radius 2 is 2.14 bits per heavy atom. The first kappa shape index (κ1) is 11.5. The predicted molar refractivity (Wildman–Crippen MR) is 59.4 cm³/mol. The largest absolute Gasteiger partial charge is 0.387 e. The third kappa shape index (κ3) is 2.47. The number of nitrogens with two attached hydrogens (primary N) is 1. The van der Waals surface area contributed by atoms with E-state index in [9.17, 15) is 5.11 Å². The number of rotatable bonds is 3. The summed E-state index contributed by atoms with van der Waals surface area (Å²) in [5.41, 5.74) is 7.62. The van der Waals surface area contributed by atoms with Gasteiger partial charge in [0.15, 0.2) is 0 Å². The molecule has 3 heteroatoms. The molecular weight excluding hydrogens is 198 g/mol. The van der Waals surface area contributed by atoms with Crippen LogP contribution in [0.25, 0.3) is 0 Å². The van der Waals surface area contributed by atoms with E-state index in [1.165, 1.54) is 0 Å². The molecule has 0 unspecified atom stereocenters. The van der Waals surface area contributed by atoms with E-state index in [-0.39, 0.29) is 6.04 Å². The van der Waals surface area contributed by atoms with Gasteiger partial charge in [-0.15, -0.1) is 0 Å². The van der Waals surface area contributed by atoms with Crippen molar-refractivity contribution in [2.24, 2.45) is 5.73 Å². The summed E-state index contributed by atoms with van der Waals surface area (Å²) >= 11 is 5.86. The van der Waals surface area contributed by atoms with Crippen molar-refractivity contribution in [2.75, 3.05) is 0 Å². The van der Waals surface area contributed by atoms with Crippen LogP contribution >= 0.6 is 11.6 Å². The molecule has 2 atom stereocenters. The van der Waals surface area contributed by atoms with Crippen molar-refractivity contribution in [1.29, 1.82) is 0 Å². The molecule has 0 aliphatic heterocycles. The number of hydrogen-bond acceptors (Lipinski definition) is 2. The zero-order valence-corrected chi connectivity index (χ0v) is 9.25. The third-order valence-corrected chi connectivity index (χ3v) is 2.67. The van der Waals surface area contributed by atoms with E-state index in [1.807, 2.05) is 26.0 Å². The molecule has 0 heterocycles. The van der Waals surface area contributed by atoms with Gasteiger partial charge in [-0.05, 0) is 36.6 Å². The van der Waals surface area contributed by atoms with E-state index >= 15 is 0 Å². The van der Waals surface area contributed by atoms with Crippen molar-refractivity contribution < 1.29 is 5.11 Å². The molecule has 0 bridgehead atoms. The molecule has 0 amide bonds. The van der Waals surface area contributed by atoms with Gasteiger partial charge in [-0.1, -0.05) is 24.6 Å². The minimum absolute atomic E-state index is 0.229. The Labute approximate surface area is 89.7 Å². The van der Waals surface area contributed by atoms with Crippen LogP contribution in [0.15, 0.2) is 18.2 Å². The molecular formula is C11H16ClNO. The molecule has 0 fully saturated rings. The lowest BCUT2D eigenvalue weighted by Crippen LogP contribution is -2.27. The van der Waals surface area contributed by atoms with Crippen LogP contribution in [0.4, 0.5) is 0 Å². The standard InChI is InChI=1S/C11H16ClNO/c1-3-10(13)11(14)9-6-8(12)5-4-7(9)2/h4-6,10-11,14H,3,13H2,1-2H3/t10-,11-/m1/s1. The molecule has 1 rings (SSSR count). The van der Waals surface area contributed by atoms with Crippen LogP contribution in [-0.2, 0) is 0 Å². The van der Waals surface area contributed by atoms with Crippen molar-refractivity contribution in [3.63, 3.8) is 0 Å². The maximum atomic E-state index is 9.91. The van der Waals surface area contributed by atoms with Crippen LogP contribution in [0.3, 0.4) is 0 Å². The highest BCUT2D eigenvalue weighted by Gasteiger charge is 2.17. The van der Waals surface area contributed by atoms with Crippen LogP contribution in [-0.4, -0.2) is 11.1 Å². The Morgan fingerprint density at radius 3 is 2.71 bits per heavy atom. The molecule has 1 aromatic rings. The molecule has 3 N–H and O–H groups in total. The zero-order chi connectivity index (χ0) is 10.7. The van der Waals surface area contributed by atoms with E-state index in [4.69, 9.17) is 17.3 Å². The van der Waals surface area contributed by atoms with Gasteiger partial charge in [-0.3, -0.25) is 0 Å². The highest BCUT2D eigenvalue weighted by atomic mass is 35.5. The zero-order valence-electron chi connectivity index (χ0n) is 8.50. The quantitative estimate of drug-likeness (QED) is 0.810. The first-order chi connectivity index (χ1) is 6.56. The highest BCUT2D eigenvalue weighted by molar-refractivity contribution is 6.30. The average molecular weight is 214 g/mol. The lowest BCUT2D eigenvalue weighted by molar-refractivity contribution is 0.144. The highest BCUT2D eigenvalue weighted by Crippen LogP contribution is 2.24. The summed E-state index contributed by atoms with van der Waals surface area (Å²) < 4.78 is 0. The molecule has 0 aliphatic carbocycles. The van der Waals surface area contributed by atoms with Gasteiger partial charge in [0.2, 0.25) is 0 Å². The molecule has 0 saturated carbocycles. The van der Waals surface area contributed by atoms with Crippen LogP contribution < -0.4 is 5.73 Å². The fourth-order valence-electron chi connectivity index (χ4n) is 1.38. The first-order valence-corrected chi connectivity index (χ1v) is 5.13. The summed E-state index contributed by atoms with van der Waals surface area (Å²) in [6, 6.07) is 5.25. The summed E-state index contributed by atoms with van der Waals surface area (Å²) in [6.07, 6.45) is 0.117. The van der Waals surface area contributed by atoms with E-state index in [1.54, 1.807) is 6.07 Å². The SMILES string of the molecule is CC[C@@H](N)[C@H](O)c1cc(Cl)ccc1C. The fourth-order valence-corrected chi connectivity index (χ4v) is 1.56. The van der Waals surface area contributed by atoms with Gasteiger partial charge in [0, 0.05) is 11.1 Å². The summed E-state index contributed by atoms with van der Waals surface area (Å²) in [5, 5.41) is 10.5. The lowest BCUT2D eigenvalue weighted by atomic mass is 9.97. The molecule has 14 heavy (non-hydrogen) atoms. The van der Waals surface area contributed by atoms with Crippen molar-refractivity contribution in [2.45, 2.75) is 32.4 Å². The van der Waals surface area contributed by atoms with Gasteiger partial charge in [-0.2, -0.15) is 0 Å². The first-order valence-electron chi connectivity index (χ1n) is 4.76. The monoisotopic (exact) mass is 213 g/mol. The van der Waals surface area contributed by atoms with Crippen LogP contribution in [0.2, 0.25) is 5.02 Å². The van der Waals surface area contributed by atoms with Gasteiger partial charge in [-0.25, -0.2) is 0 Å². The van der Waals surface area contributed by atoms with Crippen molar-refractivity contribution in [3.05, 3.63) is 34.3 Å². The van der Waals surface area contributed by atoms with Crippen molar-refractivity contribution in [1.82, 2.24) is 0 Å². The van der Waals surface area contributed by atoms with Gasteiger partial charge < -0.3 is 10.8 Å². The number of halogens is 1. The Hall–Kier alpha value is -0.570. The minimum atomic E-state index is -0.626. The molecule has 0 spiro atoms. The number of aliphatic hydroxyl groups excluding tert-OH is 1. The van der Waals surface area contributed by atoms with Gasteiger partial charge >= 0.3 is 0 Å². The summed E-state index contributed by atoms with van der Waals surface area (Å²) in [4.78, 5) is 0. The van der Waals surface area contributed by atoms with Crippen molar-refractivity contribution >= 4 is 11.6 Å². The van der Waals surface area contributed by atoms with Crippen molar-refractivity contribution in [3.8, 4) is 0 Å². The predicted octanol–water partition coefficient (Wildman–Crippen LogP) is 2.42. The Morgan fingerprint density at radius 1 is 1.50 bits per heavy atom. The average Bonchev–Trinajstić information content (AvgIpc) is 2.19. The number of aliphatic hydroxyl groups is 1. The molecule has 78 valence electrons. The van der Waals surface area contributed by atoms with Crippen LogP contribution in [0.5, 0.6) is 0 Å². The van der Waals surface area contributed by atoms with E-state index in [0.717, 1.165) is 17.5 Å². The Kier molecular flexibility index (Phi) is 3.93. The number of hydrogen-bond donors (Lipinski definition) is 2. The second-order valence-electron chi connectivity index (χ2n) is 3.52. The van der Waals surface area contributed by atoms with Crippen LogP contribution in [0, 0.1) is 6.92 Å². The second-order valence-corrected chi connectivity index (χ2v) is 3.95. The van der Waals surface area contributed by atoms with Gasteiger partial charge in [0.1, 0.15) is 0 Å². The van der Waals surface area contributed by atoms with E-state index < -0.39 is 6.10 Å². The second kappa shape index (κ2) is 4.78. The van der Waals surface area contributed by atoms with E-state index in [2.05, 4.69) is 0 Å². The Balaban J connectivity index is 2.99. The van der Waals surface area contributed by atoms with E-state index in [0.29, 0.717) is 5.02 Å². The topological polar surface area (TPSA) is 46.2 Å². The molecule has 1 aromatic carbocycles. The number of aryl methyl sites for hydroxylation is 1. The number of benzene rings is 1. The molecule has 0 radical (unpaired) electrons. The normalized spacial score (nSPS) is 15.2. The molecule has 0 saturated heterocycles. The van der Waals surface area contributed by atoms with Gasteiger partial charge in [0.05, 0.1) is 6.10 Å². The maximum absolute atomic E-state index is 9.91. The summed E-state index contributed by atoms with van der Waals surface area (Å²) in [6.45, 7) is 3.89. The maximum Gasteiger partial charge on any atom is 0.0943 e.